The van der Waals surface area contributed by atoms with Crippen LogP contribution in [0.1, 0.15) is 36.2 Å². The molecule has 0 radical (unpaired) electrons. The summed E-state index contributed by atoms with van der Waals surface area (Å²) < 4.78 is 12.3. The Balaban J connectivity index is 2.31. The number of aryl methyl sites for hydroxylation is 1. The molecule has 0 saturated carbocycles. The maximum atomic E-state index is 12.7. The van der Waals surface area contributed by atoms with Crippen molar-refractivity contribution >= 4 is 45.8 Å². The number of benzene rings is 2. The third kappa shape index (κ3) is 5.25. The second-order valence-corrected chi connectivity index (χ2v) is 7.08. The van der Waals surface area contributed by atoms with Crippen LogP contribution >= 0.6 is 34.2 Å². The lowest BCUT2D eigenvalue weighted by atomic mass is 10.1. The number of hydrogen-bond donors (Lipinski definition) is 1. The normalized spacial score (nSPS) is 10.4. The average Bonchev–Trinajstić information content (AvgIpc) is 2.57. The number of carbonyl (C=O) groups is 1. The van der Waals surface area contributed by atoms with Crippen LogP contribution in [-0.2, 0) is 0 Å². The highest BCUT2D eigenvalue weighted by molar-refractivity contribution is 14.1. The molecular formula is C19H21ClINO3. The first-order valence-electron chi connectivity index (χ1n) is 8.12. The van der Waals surface area contributed by atoms with E-state index in [-0.39, 0.29) is 5.91 Å². The second-order valence-electron chi connectivity index (χ2n) is 5.48. The minimum atomic E-state index is -0.216. The molecule has 1 amide bonds. The topological polar surface area (TPSA) is 47.6 Å². The van der Waals surface area contributed by atoms with Crippen molar-refractivity contribution in [2.75, 3.05) is 18.5 Å². The number of halogens is 2. The maximum absolute atomic E-state index is 12.7. The maximum Gasteiger partial charge on any atom is 0.255 e. The van der Waals surface area contributed by atoms with Crippen LogP contribution in [0.25, 0.3) is 0 Å². The Morgan fingerprint density at radius 1 is 1.20 bits per heavy atom. The molecule has 6 heteroatoms. The van der Waals surface area contributed by atoms with Crippen molar-refractivity contribution in [3.63, 3.8) is 0 Å². The lowest BCUT2D eigenvalue weighted by Gasteiger charge is -2.15. The zero-order chi connectivity index (χ0) is 18.4. The molecule has 0 saturated heterocycles. The van der Waals surface area contributed by atoms with Crippen molar-refractivity contribution in [1.29, 1.82) is 0 Å². The Kier molecular flexibility index (Phi) is 7.38. The van der Waals surface area contributed by atoms with Crippen LogP contribution in [0.2, 0.25) is 5.02 Å². The van der Waals surface area contributed by atoms with Gasteiger partial charge >= 0.3 is 0 Å². The zero-order valence-electron chi connectivity index (χ0n) is 14.5. The van der Waals surface area contributed by atoms with Gasteiger partial charge in [0, 0.05) is 16.3 Å². The molecule has 0 heterocycles. The van der Waals surface area contributed by atoms with Gasteiger partial charge in [0.1, 0.15) is 0 Å². The number of anilines is 1. The lowest BCUT2D eigenvalue weighted by molar-refractivity contribution is 0.102. The SMILES string of the molecule is CCCOc1c(I)cc(C(=O)Nc2cc(Cl)ccc2C)cc1OCC. The van der Waals surface area contributed by atoms with E-state index in [2.05, 4.69) is 27.9 Å². The first-order chi connectivity index (χ1) is 12.0. The summed E-state index contributed by atoms with van der Waals surface area (Å²) in [6, 6.07) is 8.91. The van der Waals surface area contributed by atoms with E-state index < -0.39 is 0 Å². The monoisotopic (exact) mass is 473 g/mol. The molecule has 2 aromatic carbocycles. The Morgan fingerprint density at radius 2 is 1.96 bits per heavy atom. The van der Waals surface area contributed by atoms with Crippen LogP contribution in [0.3, 0.4) is 0 Å². The molecule has 2 rings (SSSR count). The van der Waals surface area contributed by atoms with E-state index in [0.29, 0.717) is 41.0 Å². The molecule has 4 nitrogen and oxygen atoms in total. The highest BCUT2D eigenvalue weighted by Gasteiger charge is 2.16. The molecule has 0 atom stereocenters. The van der Waals surface area contributed by atoms with Crippen molar-refractivity contribution in [3.8, 4) is 11.5 Å². The Labute approximate surface area is 167 Å². The van der Waals surface area contributed by atoms with Gasteiger partial charge in [-0.15, -0.1) is 0 Å². The number of rotatable bonds is 7. The van der Waals surface area contributed by atoms with Crippen LogP contribution in [0, 0.1) is 10.5 Å². The molecule has 25 heavy (non-hydrogen) atoms. The Morgan fingerprint density at radius 3 is 2.64 bits per heavy atom. The van der Waals surface area contributed by atoms with Crippen molar-refractivity contribution in [2.24, 2.45) is 0 Å². The molecule has 0 bridgehead atoms. The van der Waals surface area contributed by atoms with E-state index in [4.69, 9.17) is 21.1 Å². The van der Waals surface area contributed by atoms with E-state index >= 15 is 0 Å². The van der Waals surface area contributed by atoms with Crippen molar-refractivity contribution in [3.05, 3.63) is 50.1 Å². The molecule has 1 N–H and O–H groups in total. The van der Waals surface area contributed by atoms with E-state index in [0.717, 1.165) is 15.6 Å². The minimum absolute atomic E-state index is 0.216. The van der Waals surface area contributed by atoms with E-state index in [1.807, 2.05) is 26.8 Å². The molecule has 0 spiro atoms. The van der Waals surface area contributed by atoms with Crippen LogP contribution in [0.4, 0.5) is 5.69 Å². The lowest BCUT2D eigenvalue weighted by Crippen LogP contribution is -2.14. The van der Waals surface area contributed by atoms with E-state index in [1.165, 1.54) is 0 Å². The predicted octanol–water partition coefficient (Wildman–Crippen LogP) is 5.69. The van der Waals surface area contributed by atoms with Gasteiger partial charge in [0.05, 0.1) is 16.8 Å². The Hall–Kier alpha value is -1.47. The quantitative estimate of drug-likeness (QED) is 0.525. The van der Waals surface area contributed by atoms with Crippen LogP contribution < -0.4 is 14.8 Å². The Bertz CT molecular complexity index is 765. The number of carbonyl (C=O) groups excluding carboxylic acids is 1. The minimum Gasteiger partial charge on any atom is -0.490 e. The first kappa shape index (κ1) is 19.8. The summed E-state index contributed by atoms with van der Waals surface area (Å²) in [5, 5.41) is 3.48. The summed E-state index contributed by atoms with van der Waals surface area (Å²) >= 11 is 8.18. The van der Waals surface area contributed by atoms with Crippen molar-refractivity contribution < 1.29 is 14.3 Å². The van der Waals surface area contributed by atoms with Gasteiger partial charge in [-0.05, 0) is 72.7 Å². The highest BCUT2D eigenvalue weighted by Crippen LogP contribution is 2.34. The van der Waals surface area contributed by atoms with Gasteiger partial charge in [-0.3, -0.25) is 4.79 Å². The zero-order valence-corrected chi connectivity index (χ0v) is 17.4. The van der Waals surface area contributed by atoms with Crippen LogP contribution in [-0.4, -0.2) is 19.1 Å². The van der Waals surface area contributed by atoms with Gasteiger partial charge < -0.3 is 14.8 Å². The van der Waals surface area contributed by atoms with Gasteiger partial charge in [0.25, 0.3) is 5.91 Å². The average molecular weight is 474 g/mol. The molecule has 0 unspecified atom stereocenters. The van der Waals surface area contributed by atoms with Crippen LogP contribution in [0.15, 0.2) is 30.3 Å². The summed E-state index contributed by atoms with van der Waals surface area (Å²) in [5.74, 6) is 1.04. The summed E-state index contributed by atoms with van der Waals surface area (Å²) in [5.41, 5.74) is 2.15. The molecule has 2 aromatic rings. The van der Waals surface area contributed by atoms with Gasteiger partial charge in [0.2, 0.25) is 0 Å². The van der Waals surface area contributed by atoms with Gasteiger partial charge in [-0.25, -0.2) is 0 Å². The first-order valence-corrected chi connectivity index (χ1v) is 9.58. The van der Waals surface area contributed by atoms with E-state index in [1.54, 1.807) is 24.3 Å². The molecule has 0 aliphatic carbocycles. The highest BCUT2D eigenvalue weighted by atomic mass is 127. The predicted molar refractivity (Wildman–Crippen MR) is 110 cm³/mol. The molecule has 0 aliphatic heterocycles. The molecule has 0 fully saturated rings. The van der Waals surface area contributed by atoms with Gasteiger partial charge in [-0.2, -0.15) is 0 Å². The second kappa shape index (κ2) is 9.29. The van der Waals surface area contributed by atoms with E-state index in [9.17, 15) is 4.79 Å². The molecular weight excluding hydrogens is 453 g/mol. The largest absolute Gasteiger partial charge is 0.490 e. The van der Waals surface area contributed by atoms with Gasteiger partial charge in [-0.1, -0.05) is 24.6 Å². The molecule has 0 aromatic heterocycles. The smallest absolute Gasteiger partial charge is 0.255 e. The standard InChI is InChI=1S/C19H21ClINO3/c1-4-8-25-18-15(21)9-13(10-17(18)24-5-2)19(23)22-16-11-14(20)7-6-12(16)3/h6-7,9-11H,4-5,8H2,1-3H3,(H,22,23). The van der Waals surface area contributed by atoms with Crippen molar-refractivity contribution in [2.45, 2.75) is 27.2 Å². The fourth-order valence-corrected chi connectivity index (χ4v) is 3.16. The van der Waals surface area contributed by atoms with Gasteiger partial charge in [0.15, 0.2) is 11.5 Å². The summed E-state index contributed by atoms with van der Waals surface area (Å²) in [6.07, 6.45) is 0.901. The number of hydrogen-bond acceptors (Lipinski definition) is 3. The van der Waals surface area contributed by atoms with Crippen molar-refractivity contribution in [1.82, 2.24) is 0 Å². The number of amides is 1. The van der Waals surface area contributed by atoms with Crippen LogP contribution in [0.5, 0.6) is 11.5 Å². The molecule has 134 valence electrons. The third-order valence-corrected chi connectivity index (χ3v) is 4.51. The summed E-state index contributed by atoms with van der Waals surface area (Å²) in [6.45, 7) is 6.96. The molecule has 0 aliphatic rings. The summed E-state index contributed by atoms with van der Waals surface area (Å²) in [7, 11) is 0. The fraction of sp³-hybridized carbons (Fsp3) is 0.316. The fourth-order valence-electron chi connectivity index (χ4n) is 2.23. The number of ether oxygens (including phenoxy) is 2. The third-order valence-electron chi connectivity index (χ3n) is 3.47. The number of nitrogens with one attached hydrogen (secondary N) is 1. The summed E-state index contributed by atoms with van der Waals surface area (Å²) in [4.78, 5) is 12.7.